The van der Waals surface area contributed by atoms with E-state index in [9.17, 15) is 0 Å². The molecule has 1 atom stereocenters. The molecule has 14 heavy (non-hydrogen) atoms. The average molecular weight is 212 g/mol. The van der Waals surface area contributed by atoms with Gasteiger partial charge in [-0.05, 0) is 25.2 Å². The number of hydrogen-bond donors (Lipinski definition) is 2. The molecule has 3 heteroatoms. The molecule has 1 aliphatic heterocycles. The summed E-state index contributed by atoms with van der Waals surface area (Å²) in [6.45, 7) is 2.13. The van der Waals surface area contributed by atoms with Crippen molar-refractivity contribution in [2.24, 2.45) is 0 Å². The van der Waals surface area contributed by atoms with Gasteiger partial charge in [0.1, 0.15) is 5.50 Å². The zero-order valence-electron chi connectivity index (χ0n) is 8.88. The first-order valence-electron chi connectivity index (χ1n) is 5.69. The fourth-order valence-electron chi connectivity index (χ4n) is 2.19. The molecule has 0 spiro atoms. The minimum atomic E-state index is 0.429. The number of hydrogen-bond acceptors (Lipinski definition) is 3. The highest BCUT2D eigenvalue weighted by molar-refractivity contribution is 8.02. The van der Waals surface area contributed by atoms with Gasteiger partial charge in [0.25, 0.3) is 0 Å². The van der Waals surface area contributed by atoms with Crippen LogP contribution in [0.1, 0.15) is 45.4 Å². The van der Waals surface area contributed by atoms with E-state index < -0.39 is 0 Å². The van der Waals surface area contributed by atoms with Gasteiger partial charge in [-0.25, -0.2) is 0 Å². The summed E-state index contributed by atoms with van der Waals surface area (Å²) in [5.74, 6) is 0. The van der Waals surface area contributed by atoms with Gasteiger partial charge in [0.2, 0.25) is 0 Å². The second-order valence-corrected chi connectivity index (χ2v) is 5.30. The maximum absolute atomic E-state index is 3.69. The van der Waals surface area contributed by atoms with Crippen molar-refractivity contribution in [3.8, 4) is 0 Å². The Morgan fingerprint density at radius 1 is 1.29 bits per heavy atom. The maximum atomic E-state index is 3.69. The topological polar surface area (TPSA) is 24.1 Å². The Morgan fingerprint density at radius 3 is 2.57 bits per heavy atom. The van der Waals surface area contributed by atoms with Crippen molar-refractivity contribution >= 4 is 11.8 Å². The third-order valence-corrected chi connectivity index (χ3v) is 4.00. The van der Waals surface area contributed by atoms with Crippen LogP contribution in [-0.2, 0) is 0 Å². The first-order valence-corrected chi connectivity index (χ1v) is 6.64. The van der Waals surface area contributed by atoms with Crippen molar-refractivity contribution in [3.63, 3.8) is 0 Å². The average Bonchev–Trinajstić information content (AvgIpc) is 2.43. The highest BCUT2D eigenvalue weighted by Gasteiger charge is 2.19. The van der Waals surface area contributed by atoms with Gasteiger partial charge < -0.3 is 5.32 Å². The van der Waals surface area contributed by atoms with Crippen molar-refractivity contribution in [2.75, 3.05) is 0 Å². The van der Waals surface area contributed by atoms with Gasteiger partial charge in [0.15, 0.2) is 0 Å². The summed E-state index contributed by atoms with van der Waals surface area (Å²) in [5, 5.41) is 9.33. The predicted octanol–water partition coefficient (Wildman–Crippen LogP) is 2.78. The van der Waals surface area contributed by atoms with Gasteiger partial charge in [-0.15, -0.1) is 0 Å². The molecular formula is C11H20N2S. The van der Waals surface area contributed by atoms with Crippen LogP contribution in [0.25, 0.3) is 0 Å². The molecule has 2 rings (SSSR count). The summed E-state index contributed by atoms with van der Waals surface area (Å²) in [6.07, 6.45) is 8.39. The first kappa shape index (κ1) is 10.4. The molecule has 1 unspecified atom stereocenters. The van der Waals surface area contributed by atoms with Gasteiger partial charge in [0, 0.05) is 11.7 Å². The minimum Gasteiger partial charge on any atom is -0.364 e. The van der Waals surface area contributed by atoms with Gasteiger partial charge in [-0.3, -0.25) is 5.32 Å². The molecule has 0 aromatic rings. The summed E-state index contributed by atoms with van der Waals surface area (Å²) in [4.78, 5) is 0. The zero-order chi connectivity index (χ0) is 9.80. The Morgan fingerprint density at radius 2 is 2.00 bits per heavy atom. The van der Waals surface area contributed by atoms with Crippen LogP contribution < -0.4 is 10.6 Å². The molecular weight excluding hydrogens is 192 g/mol. The Kier molecular flexibility index (Phi) is 3.76. The van der Waals surface area contributed by atoms with Crippen molar-refractivity contribution in [3.05, 3.63) is 11.1 Å². The van der Waals surface area contributed by atoms with E-state index in [0.29, 0.717) is 5.50 Å². The van der Waals surface area contributed by atoms with Crippen molar-refractivity contribution in [2.45, 2.75) is 57.0 Å². The molecule has 1 aliphatic carbocycles. The smallest absolute Gasteiger partial charge is 0.129 e. The zero-order valence-corrected chi connectivity index (χ0v) is 9.70. The molecule has 0 saturated heterocycles. The predicted molar refractivity (Wildman–Crippen MR) is 62.9 cm³/mol. The fraction of sp³-hybridized carbons (Fsp3) is 0.818. The molecule has 0 aromatic carbocycles. The molecule has 1 saturated carbocycles. The van der Waals surface area contributed by atoms with Crippen LogP contribution in [0, 0.1) is 0 Å². The lowest BCUT2D eigenvalue weighted by Gasteiger charge is -2.21. The third-order valence-electron chi connectivity index (χ3n) is 2.98. The molecule has 2 N–H and O–H groups in total. The molecule has 2 aliphatic rings. The van der Waals surface area contributed by atoms with Crippen LogP contribution in [0.15, 0.2) is 11.1 Å². The maximum Gasteiger partial charge on any atom is 0.129 e. The molecule has 2 nitrogen and oxygen atoms in total. The fourth-order valence-corrected chi connectivity index (χ4v) is 3.12. The minimum absolute atomic E-state index is 0.429. The van der Waals surface area contributed by atoms with E-state index in [4.69, 9.17) is 0 Å². The second-order valence-electron chi connectivity index (χ2n) is 4.32. The van der Waals surface area contributed by atoms with E-state index in [2.05, 4.69) is 23.0 Å². The van der Waals surface area contributed by atoms with Crippen molar-refractivity contribution < 1.29 is 0 Å². The Hall–Kier alpha value is -0.150. The van der Waals surface area contributed by atoms with E-state index >= 15 is 0 Å². The van der Waals surface area contributed by atoms with Crippen molar-refractivity contribution in [1.82, 2.24) is 10.6 Å². The summed E-state index contributed by atoms with van der Waals surface area (Å²) in [5.41, 5.74) is 1.72. The van der Waals surface area contributed by atoms with E-state index in [1.54, 1.807) is 0 Å². The van der Waals surface area contributed by atoms with E-state index in [1.165, 1.54) is 44.2 Å². The highest BCUT2D eigenvalue weighted by Crippen LogP contribution is 2.22. The van der Waals surface area contributed by atoms with Crippen LogP contribution >= 0.6 is 11.8 Å². The van der Waals surface area contributed by atoms with Crippen LogP contribution in [-0.4, -0.2) is 11.5 Å². The lowest BCUT2D eigenvalue weighted by molar-refractivity contribution is 0.433. The molecule has 0 bridgehead atoms. The lowest BCUT2D eigenvalue weighted by Crippen LogP contribution is -2.42. The molecule has 1 fully saturated rings. The Labute approximate surface area is 90.9 Å². The van der Waals surface area contributed by atoms with Gasteiger partial charge in [-0.1, -0.05) is 37.4 Å². The SMILES string of the molecule is CC1=CSC(NC2CCCCCC2)N1. The summed E-state index contributed by atoms with van der Waals surface area (Å²) in [7, 11) is 0. The summed E-state index contributed by atoms with van der Waals surface area (Å²) >= 11 is 1.87. The highest BCUT2D eigenvalue weighted by atomic mass is 32.2. The molecule has 0 aromatic heterocycles. The van der Waals surface area contributed by atoms with E-state index in [1.807, 2.05) is 11.8 Å². The normalized spacial score (nSPS) is 29.5. The van der Waals surface area contributed by atoms with Gasteiger partial charge in [0.05, 0.1) is 0 Å². The monoisotopic (exact) mass is 212 g/mol. The number of allylic oxidation sites excluding steroid dienone is 1. The summed E-state index contributed by atoms with van der Waals surface area (Å²) < 4.78 is 0. The van der Waals surface area contributed by atoms with Crippen LogP contribution in [0.2, 0.25) is 0 Å². The van der Waals surface area contributed by atoms with Gasteiger partial charge in [-0.2, -0.15) is 0 Å². The van der Waals surface area contributed by atoms with Crippen LogP contribution in [0.5, 0.6) is 0 Å². The first-order chi connectivity index (χ1) is 6.84. The molecule has 1 heterocycles. The summed E-state index contributed by atoms with van der Waals surface area (Å²) in [6, 6.07) is 0.738. The van der Waals surface area contributed by atoms with E-state index in [0.717, 1.165) is 6.04 Å². The molecule has 0 radical (unpaired) electrons. The van der Waals surface area contributed by atoms with E-state index in [-0.39, 0.29) is 0 Å². The van der Waals surface area contributed by atoms with Gasteiger partial charge >= 0.3 is 0 Å². The number of thioether (sulfide) groups is 1. The van der Waals surface area contributed by atoms with Crippen LogP contribution in [0.4, 0.5) is 0 Å². The second kappa shape index (κ2) is 5.08. The Balaban J connectivity index is 1.73. The third kappa shape index (κ3) is 2.92. The number of nitrogens with one attached hydrogen (secondary N) is 2. The van der Waals surface area contributed by atoms with Crippen molar-refractivity contribution in [1.29, 1.82) is 0 Å². The molecule has 80 valence electrons. The quantitative estimate of drug-likeness (QED) is 0.688. The largest absolute Gasteiger partial charge is 0.364 e. The molecule has 0 amide bonds. The standard InChI is InChI=1S/C11H20N2S/c1-9-8-14-11(12-9)13-10-6-4-2-3-5-7-10/h8,10-13H,2-7H2,1H3. The number of rotatable bonds is 2. The Bertz CT molecular complexity index is 207. The van der Waals surface area contributed by atoms with Crippen LogP contribution in [0.3, 0.4) is 0 Å². The lowest BCUT2D eigenvalue weighted by atomic mass is 10.1.